The van der Waals surface area contributed by atoms with Crippen molar-refractivity contribution in [3.8, 4) is 0 Å². The molecule has 0 heterocycles. The van der Waals surface area contributed by atoms with Gasteiger partial charge in [-0.25, -0.2) is 8.42 Å². The molecule has 0 amide bonds. The number of hydrogen-bond acceptors (Lipinski definition) is 3. The highest BCUT2D eigenvalue weighted by atomic mass is 32.2. The number of benzene rings is 1. The van der Waals surface area contributed by atoms with Gasteiger partial charge in [0.05, 0.1) is 10.1 Å². The Kier molecular flexibility index (Phi) is 5.35. The third-order valence-corrected chi connectivity index (χ3v) is 5.49. The van der Waals surface area contributed by atoms with Crippen LogP contribution in [-0.2, 0) is 9.84 Å². The first kappa shape index (κ1) is 15.2. The minimum absolute atomic E-state index is 0.212. The van der Waals surface area contributed by atoms with E-state index in [2.05, 4.69) is 5.32 Å². The van der Waals surface area contributed by atoms with Crippen molar-refractivity contribution in [3.05, 3.63) is 29.8 Å². The van der Waals surface area contributed by atoms with Crippen LogP contribution in [0.15, 0.2) is 29.2 Å². The summed E-state index contributed by atoms with van der Waals surface area (Å²) in [6.45, 7) is 8.53. The number of hydrogen-bond donors (Lipinski definition) is 1. The van der Waals surface area contributed by atoms with Crippen LogP contribution in [0.3, 0.4) is 0 Å². The lowest BCUT2D eigenvalue weighted by atomic mass is 10.2. The molecule has 1 aromatic rings. The summed E-state index contributed by atoms with van der Waals surface area (Å²) in [5, 5.41) is 2.88. The standard InChI is InChI=1S/C14H23NO2S/c1-5-15-12(3)10-13(4)18(16,17)14-9-7-6-8-11(14)2/h6-9,12-13,15H,5,10H2,1-4H3. The summed E-state index contributed by atoms with van der Waals surface area (Å²) in [5.74, 6) is 0. The number of nitrogens with one attached hydrogen (secondary N) is 1. The maximum Gasteiger partial charge on any atom is 0.181 e. The highest BCUT2D eigenvalue weighted by molar-refractivity contribution is 7.92. The van der Waals surface area contributed by atoms with E-state index in [0.717, 1.165) is 12.1 Å². The molecule has 18 heavy (non-hydrogen) atoms. The van der Waals surface area contributed by atoms with Crippen LogP contribution in [0.2, 0.25) is 0 Å². The molecular formula is C14H23NO2S. The van der Waals surface area contributed by atoms with E-state index in [1.807, 2.05) is 32.9 Å². The van der Waals surface area contributed by atoms with Crippen LogP contribution in [0.5, 0.6) is 0 Å². The Morgan fingerprint density at radius 2 is 1.83 bits per heavy atom. The van der Waals surface area contributed by atoms with Gasteiger partial charge in [-0.3, -0.25) is 0 Å². The molecule has 0 spiro atoms. The summed E-state index contributed by atoms with van der Waals surface area (Å²) in [5.41, 5.74) is 0.820. The molecule has 0 aliphatic carbocycles. The van der Waals surface area contributed by atoms with E-state index in [-0.39, 0.29) is 11.3 Å². The van der Waals surface area contributed by atoms with Gasteiger partial charge in [0.2, 0.25) is 0 Å². The molecule has 0 aliphatic heterocycles. The predicted octanol–water partition coefficient (Wildman–Crippen LogP) is 2.55. The maximum absolute atomic E-state index is 12.5. The number of rotatable bonds is 6. The molecule has 102 valence electrons. The summed E-state index contributed by atoms with van der Waals surface area (Å²) in [6.07, 6.45) is 0.629. The van der Waals surface area contributed by atoms with Crippen molar-refractivity contribution in [3.63, 3.8) is 0 Å². The van der Waals surface area contributed by atoms with E-state index in [1.54, 1.807) is 19.1 Å². The van der Waals surface area contributed by atoms with Gasteiger partial charge in [-0.2, -0.15) is 0 Å². The van der Waals surface area contributed by atoms with Crippen molar-refractivity contribution in [2.75, 3.05) is 6.54 Å². The lowest BCUT2D eigenvalue weighted by molar-refractivity contribution is 0.509. The van der Waals surface area contributed by atoms with Crippen LogP contribution >= 0.6 is 0 Å². The molecule has 1 N–H and O–H groups in total. The zero-order valence-corrected chi connectivity index (χ0v) is 12.4. The van der Waals surface area contributed by atoms with Gasteiger partial charge in [-0.1, -0.05) is 25.1 Å². The van der Waals surface area contributed by atoms with Crippen molar-refractivity contribution < 1.29 is 8.42 Å². The maximum atomic E-state index is 12.5. The Labute approximate surface area is 111 Å². The number of sulfone groups is 1. The molecule has 0 saturated heterocycles. The van der Waals surface area contributed by atoms with E-state index in [1.165, 1.54) is 0 Å². The molecule has 0 aliphatic rings. The zero-order chi connectivity index (χ0) is 13.8. The van der Waals surface area contributed by atoms with Gasteiger partial charge >= 0.3 is 0 Å². The molecule has 0 aromatic heterocycles. The normalized spacial score (nSPS) is 15.3. The molecular weight excluding hydrogens is 246 g/mol. The van der Waals surface area contributed by atoms with E-state index < -0.39 is 9.84 Å². The molecule has 0 saturated carbocycles. The van der Waals surface area contributed by atoms with Crippen LogP contribution in [0, 0.1) is 6.92 Å². The lowest BCUT2D eigenvalue weighted by Crippen LogP contribution is -2.32. The first-order valence-electron chi connectivity index (χ1n) is 6.42. The Hall–Kier alpha value is -0.870. The van der Waals surface area contributed by atoms with Gasteiger partial charge in [-0.05, 0) is 45.4 Å². The molecule has 3 nitrogen and oxygen atoms in total. The highest BCUT2D eigenvalue weighted by Gasteiger charge is 2.25. The molecule has 1 rings (SSSR count). The third-order valence-electron chi connectivity index (χ3n) is 3.17. The third kappa shape index (κ3) is 3.56. The van der Waals surface area contributed by atoms with E-state index >= 15 is 0 Å². The van der Waals surface area contributed by atoms with Gasteiger partial charge in [0.25, 0.3) is 0 Å². The Morgan fingerprint density at radius 3 is 2.39 bits per heavy atom. The molecule has 0 bridgehead atoms. The van der Waals surface area contributed by atoms with Crippen molar-refractivity contribution in [2.45, 2.75) is 50.3 Å². The number of aryl methyl sites for hydroxylation is 1. The second kappa shape index (κ2) is 6.34. The predicted molar refractivity (Wildman–Crippen MR) is 75.6 cm³/mol. The van der Waals surface area contributed by atoms with Gasteiger partial charge in [-0.15, -0.1) is 0 Å². The quantitative estimate of drug-likeness (QED) is 0.863. The fraction of sp³-hybridized carbons (Fsp3) is 0.571. The SMILES string of the molecule is CCNC(C)CC(C)S(=O)(=O)c1ccccc1C. The van der Waals surface area contributed by atoms with Crippen molar-refractivity contribution in [1.29, 1.82) is 0 Å². The lowest BCUT2D eigenvalue weighted by Gasteiger charge is -2.19. The molecule has 0 fully saturated rings. The van der Waals surface area contributed by atoms with Crippen LogP contribution in [0.4, 0.5) is 0 Å². The second-order valence-corrected chi connectivity index (χ2v) is 7.15. The molecule has 2 unspecified atom stereocenters. The minimum Gasteiger partial charge on any atom is -0.314 e. The summed E-state index contributed by atoms with van der Waals surface area (Å²) in [6, 6.07) is 7.39. The second-order valence-electron chi connectivity index (χ2n) is 4.82. The Balaban J connectivity index is 2.90. The first-order chi connectivity index (χ1) is 8.39. The molecule has 4 heteroatoms. The summed E-state index contributed by atoms with van der Waals surface area (Å²) in [7, 11) is -3.22. The van der Waals surface area contributed by atoms with Crippen molar-refractivity contribution in [2.24, 2.45) is 0 Å². The fourth-order valence-electron chi connectivity index (χ4n) is 2.15. The fourth-order valence-corrected chi connectivity index (χ4v) is 3.91. The van der Waals surface area contributed by atoms with Crippen LogP contribution in [0.25, 0.3) is 0 Å². The van der Waals surface area contributed by atoms with E-state index in [4.69, 9.17) is 0 Å². The Morgan fingerprint density at radius 1 is 1.22 bits per heavy atom. The highest BCUT2D eigenvalue weighted by Crippen LogP contribution is 2.22. The summed E-state index contributed by atoms with van der Waals surface area (Å²) < 4.78 is 24.9. The summed E-state index contributed by atoms with van der Waals surface area (Å²) in [4.78, 5) is 0.459. The van der Waals surface area contributed by atoms with Crippen molar-refractivity contribution >= 4 is 9.84 Å². The van der Waals surface area contributed by atoms with Crippen LogP contribution < -0.4 is 5.32 Å². The average molecular weight is 269 g/mol. The van der Waals surface area contributed by atoms with E-state index in [9.17, 15) is 8.42 Å². The molecule has 2 atom stereocenters. The molecule has 1 aromatic carbocycles. The van der Waals surface area contributed by atoms with Gasteiger partial charge in [0, 0.05) is 6.04 Å². The topological polar surface area (TPSA) is 46.2 Å². The monoisotopic (exact) mass is 269 g/mol. The smallest absolute Gasteiger partial charge is 0.181 e. The van der Waals surface area contributed by atoms with Gasteiger partial charge < -0.3 is 5.32 Å². The van der Waals surface area contributed by atoms with Gasteiger partial charge in [0.15, 0.2) is 9.84 Å². The van der Waals surface area contributed by atoms with Crippen LogP contribution in [0.1, 0.15) is 32.8 Å². The van der Waals surface area contributed by atoms with Gasteiger partial charge in [0.1, 0.15) is 0 Å². The van der Waals surface area contributed by atoms with Crippen LogP contribution in [-0.4, -0.2) is 26.3 Å². The minimum atomic E-state index is -3.22. The zero-order valence-electron chi connectivity index (χ0n) is 11.6. The Bertz CT molecular complexity index is 482. The van der Waals surface area contributed by atoms with E-state index in [0.29, 0.717) is 11.3 Å². The molecule has 0 radical (unpaired) electrons. The van der Waals surface area contributed by atoms with Crippen molar-refractivity contribution in [1.82, 2.24) is 5.32 Å². The average Bonchev–Trinajstić information content (AvgIpc) is 2.29. The first-order valence-corrected chi connectivity index (χ1v) is 7.97. The summed E-state index contributed by atoms with van der Waals surface area (Å²) >= 11 is 0. The largest absolute Gasteiger partial charge is 0.314 e.